The maximum Gasteiger partial charge on any atom is 0.260 e. The molecule has 0 amide bonds. The van der Waals surface area contributed by atoms with Gasteiger partial charge in [0.05, 0.1) is 48.5 Å². The van der Waals surface area contributed by atoms with Crippen molar-refractivity contribution in [3.8, 4) is 84.3 Å². The minimum absolute atomic E-state index is 0.00814. The Kier molecular flexibility index (Phi) is 10.7. The van der Waals surface area contributed by atoms with Crippen LogP contribution in [0.4, 0.5) is 34.1 Å². The van der Waals surface area contributed by atoms with Crippen molar-refractivity contribution >= 4 is 124 Å². The van der Waals surface area contributed by atoms with Crippen LogP contribution in [0.5, 0.6) is 23.0 Å². The van der Waals surface area contributed by atoms with Gasteiger partial charge in [0.1, 0.15) is 34.2 Å². The first-order valence-electron chi connectivity index (χ1n) is 46.6. The Balaban J connectivity index is 1.01. The summed E-state index contributed by atoms with van der Waals surface area (Å²) in [5, 5.41) is 0.866. The predicted molar refractivity (Wildman–Crippen MR) is 463 cm³/mol. The second kappa shape index (κ2) is 24.4. The van der Waals surface area contributed by atoms with E-state index in [9.17, 15) is 26.0 Å². The third kappa shape index (κ3) is 10.1. The van der Waals surface area contributed by atoms with Crippen molar-refractivity contribution in [3.63, 3.8) is 0 Å². The number of para-hydroxylation sites is 5. The van der Waals surface area contributed by atoms with E-state index < -0.39 is 162 Å². The zero-order chi connectivity index (χ0) is 90.8. The molecule has 4 aliphatic heterocycles. The van der Waals surface area contributed by atoms with Gasteiger partial charge in [-0.15, -0.1) is 0 Å². The zero-order valence-corrected chi connectivity index (χ0v) is 61.8. The molecule has 0 radical (unpaired) electrons. The van der Waals surface area contributed by atoms with Crippen LogP contribution >= 0.6 is 0 Å². The van der Waals surface area contributed by atoms with Crippen LogP contribution in [0.3, 0.4) is 0 Å². The fourth-order valence-electron chi connectivity index (χ4n) is 16.9. The minimum atomic E-state index is -1.64. The summed E-state index contributed by atoms with van der Waals surface area (Å²) in [6, 6.07) is 52.4. The normalized spacial score (nSPS) is 15.8. The Morgan fingerprint density at radius 1 is 0.327 bits per heavy atom. The summed E-state index contributed by atoms with van der Waals surface area (Å²) in [5.74, 6) is -1.36. The number of rotatable bonds is 8. The van der Waals surface area contributed by atoms with E-state index >= 15 is 0 Å². The Labute approximate surface area is 669 Å². The molecule has 0 saturated heterocycles. The van der Waals surface area contributed by atoms with Crippen LogP contribution in [0, 0.1) is 0 Å². The number of anilines is 6. The average molecular weight is 1440 g/mol. The Bertz CT molecular complexity index is 7740. The molecule has 4 aliphatic rings. The summed E-state index contributed by atoms with van der Waals surface area (Å²) in [5.41, 5.74) is 6.97. The SMILES string of the molecule is [2H]c1c([2H])c([2H])c2c(c1[2H])Oc1c([2H])c3c(c4c1B2c1c([2H])c([2H])c([2H])c([2H])c1O4)B1c2c(cc(C(C)(C)C)cc2N3c2c(-c3ccccc3)cc(C(C)(C)C)cc2-c2ccccc2)N(c2c(-c3ccccc3)cc(C(C)(C)C)cc2-c2ccccc2)c2c([2H])c(-n3c4c([2H])c([2H])c([2H])c([2H])c4c4c([2H])c(-c5cccc6c5oc5ccccc56)c([2H])c([2H])c43)c([2H])c([2H])c21. The monoisotopic (exact) mass is 1430 g/mol. The van der Waals surface area contributed by atoms with Gasteiger partial charge in [0, 0.05) is 89.3 Å². The Morgan fingerprint density at radius 3 is 1.39 bits per heavy atom. The molecule has 2 aromatic heterocycles. The molecule has 0 saturated carbocycles. The molecule has 0 atom stereocenters. The van der Waals surface area contributed by atoms with Gasteiger partial charge < -0.3 is 28.3 Å². The summed E-state index contributed by atoms with van der Waals surface area (Å²) in [6.45, 7) is 15.7. The Morgan fingerprint density at radius 2 is 0.818 bits per heavy atom. The molecular weight excluding hydrogens is 1340 g/mol. The van der Waals surface area contributed by atoms with Crippen molar-refractivity contribution in [1.82, 2.24) is 4.57 Å². The van der Waals surface area contributed by atoms with E-state index in [0.29, 0.717) is 78.1 Å². The van der Waals surface area contributed by atoms with Gasteiger partial charge >= 0.3 is 0 Å². The molecule has 110 heavy (non-hydrogen) atoms. The van der Waals surface area contributed by atoms with Gasteiger partial charge in [0.2, 0.25) is 0 Å². The molecule has 526 valence electrons. The predicted octanol–water partition coefficient (Wildman–Crippen LogP) is 23.7. The Hall–Kier alpha value is -12.8. The lowest BCUT2D eigenvalue weighted by molar-refractivity contribution is 0.467. The first kappa shape index (κ1) is 48.5. The number of hydrogen-bond donors (Lipinski definition) is 0. The maximum absolute atomic E-state index is 12.1. The number of aromatic nitrogens is 1. The summed E-state index contributed by atoms with van der Waals surface area (Å²) in [4.78, 5) is 3.97. The van der Waals surface area contributed by atoms with Gasteiger partial charge in [0.25, 0.3) is 13.4 Å². The summed E-state index contributed by atoms with van der Waals surface area (Å²) in [6.07, 6.45) is 0. The quantitative estimate of drug-likeness (QED) is 0.142. The van der Waals surface area contributed by atoms with Crippen molar-refractivity contribution in [3.05, 3.63) is 332 Å². The summed E-state index contributed by atoms with van der Waals surface area (Å²) in [7, 11) is 0. The number of ether oxygens (including phenoxy) is 2. The third-order valence-corrected chi connectivity index (χ3v) is 22.3. The van der Waals surface area contributed by atoms with E-state index in [1.165, 1.54) is 4.57 Å². The van der Waals surface area contributed by atoms with Crippen LogP contribution < -0.4 is 52.1 Å². The van der Waals surface area contributed by atoms with Crippen LogP contribution in [0.15, 0.2) is 319 Å². The zero-order valence-electron chi connectivity index (χ0n) is 80.8. The third-order valence-electron chi connectivity index (χ3n) is 22.3. The highest BCUT2D eigenvalue weighted by Gasteiger charge is 2.52. The van der Waals surface area contributed by atoms with E-state index in [-0.39, 0.29) is 88.7 Å². The molecule has 6 nitrogen and oxygen atoms in total. The second-order valence-corrected chi connectivity index (χ2v) is 32.0. The maximum atomic E-state index is 12.1. The number of hydrogen-bond acceptors (Lipinski definition) is 5. The van der Waals surface area contributed by atoms with E-state index in [1.54, 1.807) is 18.2 Å². The highest BCUT2D eigenvalue weighted by atomic mass is 16.5. The van der Waals surface area contributed by atoms with Crippen molar-refractivity contribution < 1.29 is 39.9 Å². The van der Waals surface area contributed by atoms with E-state index in [0.717, 1.165) is 27.6 Å². The van der Waals surface area contributed by atoms with Gasteiger partial charge in [-0.2, -0.15) is 0 Å². The molecule has 0 spiro atoms. The molecule has 6 heterocycles. The topological polar surface area (TPSA) is 43.0 Å². The molecule has 8 heteroatoms. The lowest BCUT2D eigenvalue weighted by atomic mass is 9.30. The molecular formula is C102H79B2N3O3. The van der Waals surface area contributed by atoms with Gasteiger partial charge in [-0.1, -0.05) is 287 Å². The van der Waals surface area contributed by atoms with E-state index in [1.807, 2.05) is 161 Å². The highest BCUT2D eigenvalue weighted by molar-refractivity contribution is 7.03. The molecule has 0 fully saturated rings. The van der Waals surface area contributed by atoms with Gasteiger partial charge in [-0.25, -0.2) is 0 Å². The molecule has 17 aromatic rings. The van der Waals surface area contributed by atoms with Gasteiger partial charge in [-0.05, 0) is 173 Å². The first-order valence-corrected chi connectivity index (χ1v) is 37.1. The van der Waals surface area contributed by atoms with Crippen LogP contribution in [0.25, 0.3) is 105 Å². The van der Waals surface area contributed by atoms with Crippen molar-refractivity contribution in [2.24, 2.45) is 0 Å². The van der Waals surface area contributed by atoms with Gasteiger partial charge in [0.15, 0.2) is 0 Å². The molecule has 0 aliphatic carbocycles. The second-order valence-electron chi connectivity index (χ2n) is 32.0. The fourth-order valence-corrected chi connectivity index (χ4v) is 16.9. The van der Waals surface area contributed by atoms with Crippen LogP contribution in [-0.4, -0.2) is 18.0 Å². The summed E-state index contributed by atoms with van der Waals surface area (Å²) >= 11 is 0. The van der Waals surface area contributed by atoms with Crippen LogP contribution in [0.1, 0.15) is 105 Å². The number of fused-ring (bicyclic) bond motifs is 15. The standard InChI is InChI=1S/C102H79B2N3O3/c1-100(2,3)67-54-75(62-31-14-10-15-32-62)96(76(55-67)63-33-16-11-17-34-63)106-85-60-70(105-83-45-26-22-39-72(83)79-53-66(49-52-84(79)105)71-41-30-42-74-73-40-23-27-46-89(73)109-98(71)74)50-51-80(85)104-93-86(106)58-69(102(7,8)9)59-87(93)107(97-77(64-35-18-12-19-36-64)56-68(101(4,5)6)57-78(97)65-37-20-13-21-38-65)88-61-92-95-99(94(88)104)110-91-48-29-25-44-82(91)103(95)81-43-24-28-47-90(81)108-92/h10-61H,1-9H3/i22D,24D,25D,26D,28D,29D,39D,43D,44D,45D,47D,48D,49D,50D,51D,52D,53D,60D,61D. The van der Waals surface area contributed by atoms with Crippen LogP contribution in [-0.2, 0) is 16.2 Å². The first-order chi connectivity index (χ1) is 61.4. The molecule has 21 rings (SSSR count). The number of benzene rings is 15. The van der Waals surface area contributed by atoms with Crippen molar-refractivity contribution in [2.75, 3.05) is 9.80 Å². The van der Waals surface area contributed by atoms with Crippen molar-refractivity contribution in [2.45, 2.75) is 78.6 Å². The smallest absolute Gasteiger partial charge is 0.260 e. The van der Waals surface area contributed by atoms with E-state index in [2.05, 4.69) is 92.6 Å². The lowest BCUT2D eigenvalue weighted by Crippen LogP contribution is -2.65. The lowest BCUT2D eigenvalue weighted by Gasteiger charge is -2.48. The largest absolute Gasteiger partial charge is 0.459 e. The van der Waals surface area contributed by atoms with Crippen LogP contribution in [0.2, 0.25) is 0 Å². The molecule has 0 unspecified atom stereocenters. The van der Waals surface area contributed by atoms with Crippen molar-refractivity contribution in [1.29, 1.82) is 0 Å². The van der Waals surface area contributed by atoms with Gasteiger partial charge in [-0.3, -0.25) is 0 Å². The fraction of sp³-hybridized carbons (Fsp3) is 0.118. The molecule has 0 N–H and O–H groups in total. The van der Waals surface area contributed by atoms with E-state index in [4.69, 9.17) is 13.9 Å². The molecule has 15 aromatic carbocycles. The number of nitrogens with zero attached hydrogens (tertiary/aromatic N) is 3. The summed E-state index contributed by atoms with van der Waals surface area (Å²) < 4.78 is 218. The average Bonchev–Trinajstić information content (AvgIpc) is 0.943. The molecule has 0 bridgehead atoms. The number of furan rings is 1. The minimum Gasteiger partial charge on any atom is -0.459 e. The highest BCUT2D eigenvalue weighted by Crippen LogP contribution is 2.57.